The zero-order valence-electron chi connectivity index (χ0n) is 38.0. The van der Waals surface area contributed by atoms with Gasteiger partial charge in [0, 0.05) is 80.7 Å². The molecule has 8 nitrogen and oxygen atoms in total. The second-order valence-corrected chi connectivity index (χ2v) is 18.0. The van der Waals surface area contributed by atoms with Crippen LogP contribution in [-0.4, -0.2) is 37.4 Å². The summed E-state index contributed by atoms with van der Waals surface area (Å²) in [4.78, 5) is 14.5. The normalized spacial score (nSPS) is 12.7. The SMILES string of the molecule is Cc1cc(-n2c3ccccc3c3ccc(Oc4cccc(N5CN(C)c6ncccc65)c4)cc32)ncc1-c1c(-n2c3ccccc3c3ccccc32)cccc1-n1c2ccccc2c2ccccc21. The van der Waals surface area contributed by atoms with E-state index in [1.54, 1.807) is 0 Å². The first kappa shape index (κ1) is 39.1. The molecule has 1 aliphatic heterocycles. The first-order chi connectivity index (χ1) is 34.1. The largest absolute Gasteiger partial charge is 0.457 e. The van der Waals surface area contributed by atoms with Crippen LogP contribution in [0.5, 0.6) is 11.5 Å². The third-order valence-corrected chi connectivity index (χ3v) is 14.0. The van der Waals surface area contributed by atoms with Gasteiger partial charge in [0.05, 0.1) is 56.8 Å². The van der Waals surface area contributed by atoms with Crippen molar-refractivity contribution < 1.29 is 4.74 Å². The highest BCUT2D eigenvalue weighted by Crippen LogP contribution is 2.44. The molecule has 0 atom stereocenters. The minimum absolute atomic E-state index is 0.709. The number of anilines is 3. The summed E-state index contributed by atoms with van der Waals surface area (Å²) in [5.41, 5.74) is 14.3. The van der Waals surface area contributed by atoms with E-state index in [1.165, 1.54) is 21.5 Å². The lowest BCUT2D eigenvalue weighted by Gasteiger charge is -2.21. The van der Waals surface area contributed by atoms with Crippen molar-refractivity contribution in [3.63, 3.8) is 0 Å². The van der Waals surface area contributed by atoms with Crippen LogP contribution in [0, 0.1) is 6.92 Å². The molecule has 6 heterocycles. The minimum Gasteiger partial charge on any atom is -0.457 e. The molecule has 0 radical (unpaired) electrons. The Balaban J connectivity index is 0.943. The van der Waals surface area contributed by atoms with Gasteiger partial charge in [0.2, 0.25) is 0 Å². The predicted octanol–water partition coefficient (Wildman–Crippen LogP) is 15.1. The summed E-state index contributed by atoms with van der Waals surface area (Å²) >= 11 is 0. The zero-order chi connectivity index (χ0) is 45.7. The van der Waals surface area contributed by atoms with E-state index in [0.29, 0.717) is 6.67 Å². The lowest BCUT2D eigenvalue weighted by Crippen LogP contribution is -2.24. The number of benzene rings is 8. The molecular formula is C61H43N7O. The molecule has 0 spiro atoms. The van der Waals surface area contributed by atoms with Gasteiger partial charge < -0.3 is 23.7 Å². The molecule has 0 N–H and O–H groups in total. The summed E-state index contributed by atoms with van der Waals surface area (Å²) in [5.74, 6) is 3.30. The number of pyridine rings is 2. The number of nitrogens with zero attached hydrogens (tertiary/aromatic N) is 7. The van der Waals surface area contributed by atoms with Gasteiger partial charge in [-0.2, -0.15) is 0 Å². The van der Waals surface area contributed by atoms with Crippen molar-refractivity contribution in [3.8, 4) is 39.8 Å². The Kier molecular flexibility index (Phi) is 8.61. The average molecular weight is 890 g/mol. The molecule has 0 amide bonds. The van der Waals surface area contributed by atoms with Crippen molar-refractivity contribution in [1.82, 2.24) is 23.7 Å². The predicted molar refractivity (Wildman–Crippen MR) is 284 cm³/mol. The summed E-state index contributed by atoms with van der Waals surface area (Å²) in [5, 5.41) is 7.16. The Bertz CT molecular complexity index is 3980. The first-order valence-electron chi connectivity index (χ1n) is 23.4. The number of aromatic nitrogens is 5. The van der Waals surface area contributed by atoms with Crippen LogP contribution in [0.3, 0.4) is 0 Å². The highest BCUT2D eigenvalue weighted by molar-refractivity contribution is 6.12. The molecule has 0 unspecified atom stereocenters. The molecule has 0 bridgehead atoms. The molecule has 8 aromatic carbocycles. The molecule has 0 fully saturated rings. The molecule has 328 valence electrons. The van der Waals surface area contributed by atoms with Crippen molar-refractivity contribution in [2.75, 3.05) is 23.5 Å². The maximum atomic E-state index is 6.71. The van der Waals surface area contributed by atoms with Crippen LogP contribution in [0.25, 0.3) is 93.7 Å². The monoisotopic (exact) mass is 889 g/mol. The van der Waals surface area contributed by atoms with E-state index in [0.717, 1.165) is 106 Å². The Morgan fingerprint density at radius 2 is 0.942 bits per heavy atom. The maximum absolute atomic E-state index is 6.71. The van der Waals surface area contributed by atoms with Crippen LogP contribution in [0.4, 0.5) is 17.2 Å². The van der Waals surface area contributed by atoms with Gasteiger partial charge in [0.1, 0.15) is 17.3 Å². The van der Waals surface area contributed by atoms with E-state index >= 15 is 0 Å². The Hall–Kier alpha value is -9.14. The van der Waals surface area contributed by atoms with Crippen molar-refractivity contribution in [1.29, 1.82) is 0 Å². The second kappa shape index (κ2) is 15.2. The highest BCUT2D eigenvalue weighted by atomic mass is 16.5. The summed E-state index contributed by atoms with van der Waals surface area (Å²) in [6, 6.07) is 71.3. The zero-order valence-corrected chi connectivity index (χ0v) is 38.0. The molecule has 0 saturated carbocycles. The molecule has 5 aromatic heterocycles. The highest BCUT2D eigenvalue weighted by Gasteiger charge is 2.27. The van der Waals surface area contributed by atoms with Crippen LogP contribution in [0.1, 0.15) is 5.56 Å². The van der Waals surface area contributed by atoms with Gasteiger partial charge in [-0.15, -0.1) is 0 Å². The standard InChI is InChI=1S/C61H43N7O/c1-39-34-59(68-54-27-12-7-22-47(54)48-32-31-42(36-58(48)68)69-41-17-13-16-40(35-41)65-38-64(2)61-57(65)30-15-33-62-61)63-37-49(39)60-55(66-50-23-8-3-18-43(50)44-19-4-9-24-51(44)66)28-14-29-56(60)67-52-25-10-5-20-45(52)46-21-6-11-26-53(46)67/h3-37H,38H2,1-2H3. The Labute approximate surface area is 397 Å². The maximum Gasteiger partial charge on any atom is 0.153 e. The number of hydrogen-bond donors (Lipinski definition) is 0. The van der Waals surface area contributed by atoms with Crippen molar-refractivity contribution in [2.45, 2.75) is 6.92 Å². The van der Waals surface area contributed by atoms with Gasteiger partial charge in [-0.05, 0) is 97.4 Å². The van der Waals surface area contributed by atoms with Gasteiger partial charge >= 0.3 is 0 Å². The van der Waals surface area contributed by atoms with Crippen molar-refractivity contribution in [2.24, 2.45) is 0 Å². The minimum atomic E-state index is 0.709. The van der Waals surface area contributed by atoms with Crippen LogP contribution in [0.2, 0.25) is 0 Å². The van der Waals surface area contributed by atoms with E-state index in [1.807, 2.05) is 18.3 Å². The number of para-hydroxylation sites is 5. The third-order valence-electron chi connectivity index (χ3n) is 14.0. The summed E-state index contributed by atoms with van der Waals surface area (Å²) < 4.78 is 13.9. The molecule has 13 aromatic rings. The molecule has 8 heteroatoms. The lowest BCUT2D eigenvalue weighted by molar-refractivity contribution is 0.483. The number of aryl methyl sites for hydroxylation is 1. The Morgan fingerprint density at radius 1 is 0.435 bits per heavy atom. The smallest absolute Gasteiger partial charge is 0.153 e. The fraction of sp³-hybridized carbons (Fsp3) is 0.0492. The van der Waals surface area contributed by atoms with Crippen LogP contribution >= 0.6 is 0 Å². The molecule has 69 heavy (non-hydrogen) atoms. The van der Waals surface area contributed by atoms with Gasteiger partial charge in [-0.1, -0.05) is 103 Å². The van der Waals surface area contributed by atoms with Crippen molar-refractivity contribution >= 4 is 82.6 Å². The second-order valence-electron chi connectivity index (χ2n) is 18.0. The van der Waals surface area contributed by atoms with Crippen LogP contribution < -0.4 is 14.5 Å². The van der Waals surface area contributed by atoms with E-state index in [9.17, 15) is 0 Å². The average Bonchev–Trinajstić information content (AvgIpc) is 4.12. The Morgan fingerprint density at radius 3 is 1.52 bits per heavy atom. The fourth-order valence-electron chi connectivity index (χ4n) is 11.0. The van der Waals surface area contributed by atoms with E-state index in [-0.39, 0.29) is 0 Å². The third kappa shape index (κ3) is 5.95. The summed E-state index contributed by atoms with van der Waals surface area (Å²) in [6.45, 7) is 2.93. The van der Waals surface area contributed by atoms with Crippen LogP contribution in [-0.2, 0) is 0 Å². The number of rotatable bonds is 7. The van der Waals surface area contributed by atoms with Crippen molar-refractivity contribution in [3.05, 3.63) is 218 Å². The van der Waals surface area contributed by atoms with Crippen LogP contribution in [0.15, 0.2) is 213 Å². The van der Waals surface area contributed by atoms with E-state index in [2.05, 4.69) is 237 Å². The van der Waals surface area contributed by atoms with E-state index in [4.69, 9.17) is 9.72 Å². The van der Waals surface area contributed by atoms with Gasteiger partial charge in [0.25, 0.3) is 0 Å². The summed E-state index contributed by atoms with van der Waals surface area (Å²) in [7, 11) is 2.07. The van der Waals surface area contributed by atoms with E-state index < -0.39 is 0 Å². The quantitative estimate of drug-likeness (QED) is 0.160. The number of hydrogen-bond acceptors (Lipinski definition) is 5. The van der Waals surface area contributed by atoms with Gasteiger partial charge in [-0.25, -0.2) is 9.97 Å². The number of ether oxygens (including phenoxy) is 1. The lowest BCUT2D eigenvalue weighted by atomic mass is 9.98. The molecule has 0 aliphatic carbocycles. The number of fused-ring (bicyclic) bond motifs is 10. The van der Waals surface area contributed by atoms with Gasteiger partial charge in [0.15, 0.2) is 5.82 Å². The first-order valence-corrected chi connectivity index (χ1v) is 23.4. The van der Waals surface area contributed by atoms with Gasteiger partial charge in [-0.3, -0.25) is 4.57 Å². The molecular weight excluding hydrogens is 847 g/mol. The topological polar surface area (TPSA) is 56.3 Å². The molecule has 1 aliphatic rings. The fourth-order valence-corrected chi connectivity index (χ4v) is 11.0. The molecule has 14 rings (SSSR count). The summed E-state index contributed by atoms with van der Waals surface area (Å²) in [6.07, 6.45) is 3.93. The molecule has 0 saturated heterocycles.